The highest BCUT2D eigenvalue weighted by Gasteiger charge is 1.67. The van der Waals surface area contributed by atoms with Gasteiger partial charge >= 0.3 is 0 Å². The van der Waals surface area contributed by atoms with Gasteiger partial charge in [0.25, 0.3) is 0 Å². The Bertz CT molecular complexity index is 82.4. The minimum absolute atomic E-state index is 0.244. The second-order valence-corrected chi connectivity index (χ2v) is 1.47. The molecular formula is C7H12O. The number of aliphatic hydroxyl groups excluding tert-OH is 1. The summed E-state index contributed by atoms with van der Waals surface area (Å²) < 4.78 is 0. The summed E-state index contributed by atoms with van der Waals surface area (Å²) in [7, 11) is 0. The average molecular weight is 112 g/mol. The van der Waals surface area contributed by atoms with Gasteiger partial charge in [0.1, 0.15) is 0 Å². The quantitative estimate of drug-likeness (QED) is 0.548. The zero-order chi connectivity index (χ0) is 6.24. The van der Waals surface area contributed by atoms with Gasteiger partial charge in [0, 0.05) is 6.61 Å². The van der Waals surface area contributed by atoms with Crippen molar-refractivity contribution >= 4 is 0 Å². The van der Waals surface area contributed by atoms with E-state index in [-0.39, 0.29) is 6.61 Å². The van der Waals surface area contributed by atoms with E-state index in [2.05, 4.69) is 0 Å². The van der Waals surface area contributed by atoms with E-state index in [1.165, 1.54) is 0 Å². The normalized spacial score (nSPS) is 11.8. The highest BCUT2D eigenvalue weighted by atomic mass is 16.2. The van der Waals surface area contributed by atoms with E-state index < -0.39 is 0 Å². The molecular weight excluding hydrogens is 100 g/mol. The molecule has 1 nitrogen and oxygen atoms in total. The van der Waals surface area contributed by atoms with Crippen LogP contribution in [0, 0.1) is 0 Å². The van der Waals surface area contributed by atoms with Crippen LogP contribution in [0.4, 0.5) is 0 Å². The van der Waals surface area contributed by atoms with Crippen LogP contribution in [0.15, 0.2) is 24.3 Å². The molecule has 8 heavy (non-hydrogen) atoms. The number of rotatable bonds is 3. The van der Waals surface area contributed by atoms with Gasteiger partial charge in [-0.2, -0.15) is 0 Å². The maximum Gasteiger partial charge on any atom is 0.0465 e. The lowest BCUT2D eigenvalue weighted by atomic mass is 10.4. The molecule has 0 saturated heterocycles. The molecule has 0 atom stereocenters. The third-order valence-electron chi connectivity index (χ3n) is 0.735. The molecule has 0 unspecified atom stereocenters. The highest BCUT2D eigenvalue weighted by molar-refractivity contribution is 5.00. The van der Waals surface area contributed by atoms with Crippen LogP contribution in [0.2, 0.25) is 0 Å². The lowest BCUT2D eigenvalue weighted by Gasteiger charge is -1.78. The van der Waals surface area contributed by atoms with Crippen LogP contribution < -0.4 is 0 Å². The fourth-order valence-electron chi connectivity index (χ4n) is 0.360. The molecule has 0 heterocycles. The maximum absolute atomic E-state index is 8.29. The van der Waals surface area contributed by atoms with Crippen LogP contribution in [-0.4, -0.2) is 11.7 Å². The Hall–Kier alpha value is -0.560. The SMILES string of the molecule is C/C=C/C=C/CCO. The molecule has 0 aromatic heterocycles. The number of hydrogen-bond donors (Lipinski definition) is 1. The molecule has 46 valence electrons. The summed E-state index contributed by atoms with van der Waals surface area (Å²) in [5.74, 6) is 0. The Morgan fingerprint density at radius 2 is 2.12 bits per heavy atom. The van der Waals surface area contributed by atoms with Gasteiger partial charge in [-0.3, -0.25) is 0 Å². The summed E-state index contributed by atoms with van der Waals surface area (Å²) in [6.45, 7) is 2.21. The van der Waals surface area contributed by atoms with E-state index in [0.717, 1.165) is 6.42 Å². The van der Waals surface area contributed by atoms with Crippen molar-refractivity contribution in [2.45, 2.75) is 13.3 Å². The largest absolute Gasteiger partial charge is 0.396 e. The predicted octanol–water partition coefficient (Wildman–Crippen LogP) is 1.50. The van der Waals surface area contributed by atoms with Crippen molar-refractivity contribution in [1.82, 2.24) is 0 Å². The molecule has 0 radical (unpaired) electrons. The second kappa shape index (κ2) is 6.44. The van der Waals surface area contributed by atoms with Crippen LogP contribution in [0.25, 0.3) is 0 Å². The van der Waals surface area contributed by atoms with Crippen molar-refractivity contribution in [1.29, 1.82) is 0 Å². The summed E-state index contributed by atoms with van der Waals surface area (Å²) in [5.41, 5.74) is 0. The van der Waals surface area contributed by atoms with Gasteiger partial charge in [-0.25, -0.2) is 0 Å². The molecule has 1 N–H and O–H groups in total. The third kappa shape index (κ3) is 5.44. The summed E-state index contributed by atoms with van der Waals surface area (Å²) >= 11 is 0. The van der Waals surface area contributed by atoms with Gasteiger partial charge in [0.2, 0.25) is 0 Å². The maximum atomic E-state index is 8.29. The topological polar surface area (TPSA) is 20.2 Å². The van der Waals surface area contributed by atoms with E-state index in [9.17, 15) is 0 Å². The van der Waals surface area contributed by atoms with Gasteiger partial charge in [-0.15, -0.1) is 0 Å². The minimum atomic E-state index is 0.244. The van der Waals surface area contributed by atoms with Crippen LogP contribution in [-0.2, 0) is 0 Å². The van der Waals surface area contributed by atoms with E-state index in [0.29, 0.717) is 0 Å². The van der Waals surface area contributed by atoms with Gasteiger partial charge in [-0.1, -0.05) is 24.3 Å². The van der Waals surface area contributed by atoms with Crippen LogP contribution in [0.1, 0.15) is 13.3 Å². The Balaban J connectivity index is 3.07. The second-order valence-electron chi connectivity index (χ2n) is 1.47. The van der Waals surface area contributed by atoms with E-state index >= 15 is 0 Å². The first-order valence-corrected chi connectivity index (χ1v) is 2.80. The number of allylic oxidation sites excluding steroid dienone is 3. The molecule has 0 aromatic carbocycles. The Morgan fingerprint density at radius 1 is 1.38 bits per heavy atom. The van der Waals surface area contributed by atoms with E-state index in [1.54, 1.807) is 0 Å². The first kappa shape index (κ1) is 7.44. The summed E-state index contributed by atoms with van der Waals surface area (Å²) in [4.78, 5) is 0. The van der Waals surface area contributed by atoms with Crippen molar-refractivity contribution in [2.75, 3.05) is 6.61 Å². The molecule has 0 saturated carbocycles. The van der Waals surface area contributed by atoms with Crippen molar-refractivity contribution in [3.05, 3.63) is 24.3 Å². The van der Waals surface area contributed by atoms with E-state index in [4.69, 9.17) is 5.11 Å². The minimum Gasteiger partial charge on any atom is -0.396 e. The van der Waals surface area contributed by atoms with Gasteiger partial charge < -0.3 is 5.11 Å². The standard InChI is InChI=1S/C7H12O/c1-2-3-4-5-6-7-8/h2-5,8H,6-7H2,1H3/b3-2+,5-4+. The summed E-state index contributed by atoms with van der Waals surface area (Å²) in [6.07, 6.45) is 8.50. The van der Waals surface area contributed by atoms with Crippen molar-refractivity contribution in [2.24, 2.45) is 0 Å². The smallest absolute Gasteiger partial charge is 0.0465 e. The number of hydrogen-bond acceptors (Lipinski definition) is 1. The molecule has 0 aromatic rings. The Morgan fingerprint density at radius 3 is 2.62 bits per heavy atom. The molecule has 0 spiro atoms. The monoisotopic (exact) mass is 112 g/mol. The Labute approximate surface area is 50.3 Å². The molecule has 0 aliphatic rings. The van der Waals surface area contributed by atoms with Crippen molar-refractivity contribution in [3.63, 3.8) is 0 Å². The van der Waals surface area contributed by atoms with Crippen LogP contribution in [0.5, 0.6) is 0 Å². The molecule has 0 bridgehead atoms. The van der Waals surface area contributed by atoms with Crippen LogP contribution >= 0.6 is 0 Å². The fraction of sp³-hybridized carbons (Fsp3) is 0.429. The molecule has 0 amide bonds. The lowest BCUT2D eigenvalue weighted by molar-refractivity contribution is 0.302. The first-order valence-electron chi connectivity index (χ1n) is 2.80. The highest BCUT2D eigenvalue weighted by Crippen LogP contribution is 1.80. The van der Waals surface area contributed by atoms with Crippen molar-refractivity contribution in [3.8, 4) is 0 Å². The van der Waals surface area contributed by atoms with Gasteiger partial charge in [0.05, 0.1) is 0 Å². The Kier molecular flexibility index (Phi) is 5.99. The van der Waals surface area contributed by atoms with Gasteiger partial charge in [-0.05, 0) is 13.3 Å². The van der Waals surface area contributed by atoms with Crippen molar-refractivity contribution < 1.29 is 5.11 Å². The third-order valence-corrected chi connectivity index (χ3v) is 0.735. The number of aliphatic hydroxyl groups is 1. The van der Waals surface area contributed by atoms with Gasteiger partial charge in [0.15, 0.2) is 0 Å². The zero-order valence-corrected chi connectivity index (χ0v) is 5.17. The predicted molar refractivity (Wildman–Crippen MR) is 35.7 cm³/mol. The fourth-order valence-corrected chi connectivity index (χ4v) is 0.360. The zero-order valence-electron chi connectivity index (χ0n) is 5.17. The first-order chi connectivity index (χ1) is 3.91. The van der Waals surface area contributed by atoms with Crippen LogP contribution in [0.3, 0.4) is 0 Å². The molecule has 0 aliphatic heterocycles. The molecule has 0 fully saturated rings. The molecule has 0 aliphatic carbocycles. The summed E-state index contributed by atoms with van der Waals surface area (Å²) in [6, 6.07) is 0. The molecule has 0 rings (SSSR count). The summed E-state index contributed by atoms with van der Waals surface area (Å²) in [5, 5.41) is 8.29. The lowest BCUT2D eigenvalue weighted by Crippen LogP contribution is -1.73. The molecule has 1 heteroatoms. The van der Waals surface area contributed by atoms with E-state index in [1.807, 2.05) is 31.2 Å². The average Bonchev–Trinajstić information content (AvgIpc) is 1.81.